The van der Waals surface area contributed by atoms with E-state index in [0.717, 1.165) is 11.3 Å². The molecule has 1 heterocycles. The molecule has 4 nitrogen and oxygen atoms in total. The SMILES string of the molecule is CN(C)c1ccc(-c2cnc[nH]c2=O)cc1. The van der Waals surface area contributed by atoms with Crippen molar-refractivity contribution in [2.45, 2.75) is 0 Å². The first-order valence-electron chi connectivity index (χ1n) is 4.99. The molecule has 0 radical (unpaired) electrons. The molecule has 82 valence electrons. The van der Waals surface area contributed by atoms with Crippen LogP contribution in [0.5, 0.6) is 0 Å². The number of aromatic nitrogens is 2. The van der Waals surface area contributed by atoms with Crippen molar-refractivity contribution in [1.82, 2.24) is 9.97 Å². The fraction of sp³-hybridized carbons (Fsp3) is 0.167. The van der Waals surface area contributed by atoms with Crippen LogP contribution in [-0.2, 0) is 0 Å². The first-order chi connectivity index (χ1) is 7.68. The van der Waals surface area contributed by atoms with Crippen molar-refractivity contribution in [3.63, 3.8) is 0 Å². The smallest absolute Gasteiger partial charge is 0.258 e. The van der Waals surface area contributed by atoms with E-state index < -0.39 is 0 Å². The topological polar surface area (TPSA) is 49.0 Å². The molecule has 0 bridgehead atoms. The van der Waals surface area contributed by atoms with Crippen molar-refractivity contribution in [3.05, 3.63) is 47.1 Å². The highest BCUT2D eigenvalue weighted by Crippen LogP contribution is 2.18. The van der Waals surface area contributed by atoms with Crippen LogP contribution in [0.1, 0.15) is 0 Å². The Morgan fingerprint density at radius 3 is 2.44 bits per heavy atom. The fourth-order valence-corrected chi connectivity index (χ4v) is 1.49. The van der Waals surface area contributed by atoms with Crippen LogP contribution in [0.25, 0.3) is 11.1 Å². The fourth-order valence-electron chi connectivity index (χ4n) is 1.49. The molecule has 1 N–H and O–H groups in total. The third-order valence-corrected chi connectivity index (χ3v) is 2.41. The number of nitrogens with one attached hydrogen (secondary N) is 1. The number of nitrogens with zero attached hydrogens (tertiary/aromatic N) is 2. The van der Waals surface area contributed by atoms with Crippen LogP contribution in [-0.4, -0.2) is 24.1 Å². The largest absolute Gasteiger partial charge is 0.378 e. The van der Waals surface area contributed by atoms with E-state index in [4.69, 9.17) is 0 Å². The molecule has 16 heavy (non-hydrogen) atoms. The maximum atomic E-state index is 11.5. The first-order valence-corrected chi connectivity index (χ1v) is 4.99. The van der Waals surface area contributed by atoms with Gasteiger partial charge in [-0.05, 0) is 17.7 Å². The lowest BCUT2D eigenvalue weighted by atomic mass is 10.1. The van der Waals surface area contributed by atoms with Gasteiger partial charge in [-0.3, -0.25) is 4.79 Å². The Morgan fingerprint density at radius 2 is 1.88 bits per heavy atom. The average molecular weight is 215 g/mol. The molecular formula is C12H13N3O. The zero-order valence-corrected chi connectivity index (χ0v) is 9.27. The van der Waals surface area contributed by atoms with Gasteiger partial charge in [-0.15, -0.1) is 0 Å². The summed E-state index contributed by atoms with van der Waals surface area (Å²) in [5.41, 5.74) is 2.45. The summed E-state index contributed by atoms with van der Waals surface area (Å²) in [6, 6.07) is 7.78. The molecule has 1 aromatic carbocycles. The Bertz CT molecular complexity index is 528. The van der Waals surface area contributed by atoms with Crippen molar-refractivity contribution in [2.24, 2.45) is 0 Å². The second-order valence-corrected chi connectivity index (χ2v) is 3.74. The normalized spacial score (nSPS) is 10.1. The van der Waals surface area contributed by atoms with E-state index in [1.54, 1.807) is 6.20 Å². The molecular weight excluding hydrogens is 202 g/mol. The molecule has 0 spiro atoms. The van der Waals surface area contributed by atoms with Crippen LogP contribution in [0.4, 0.5) is 5.69 Å². The van der Waals surface area contributed by atoms with E-state index in [0.29, 0.717) is 5.56 Å². The number of anilines is 1. The van der Waals surface area contributed by atoms with Crippen LogP contribution >= 0.6 is 0 Å². The standard InChI is InChI=1S/C12H13N3O/c1-15(2)10-5-3-9(4-6-10)11-7-13-8-14-12(11)16/h3-8H,1-2H3,(H,13,14,16). The van der Waals surface area contributed by atoms with E-state index in [-0.39, 0.29) is 5.56 Å². The number of rotatable bonds is 2. The monoisotopic (exact) mass is 215 g/mol. The zero-order valence-electron chi connectivity index (χ0n) is 9.27. The number of aromatic amines is 1. The van der Waals surface area contributed by atoms with Crippen LogP contribution < -0.4 is 10.5 Å². The Balaban J connectivity index is 2.43. The Hall–Kier alpha value is -2.10. The minimum Gasteiger partial charge on any atom is -0.378 e. The van der Waals surface area contributed by atoms with E-state index in [2.05, 4.69) is 9.97 Å². The molecule has 0 aliphatic heterocycles. The summed E-state index contributed by atoms with van der Waals surface area (Å²) in [6.07, 6.45) is 2.96. The highest BCUT2D eigenvalue weighted by atomic mass is 16.1. The van der Waals surface area contributed by atoms with E-state index in [1.165, 1.54) is 6.33 Å². The number of hydrogen-bond acceptors (Lipinski definition) is 3. The average Bonchev–Trinajstić information content (AvgIpc) is 2.30. The quantitative estimate of drug-likeness (QED) is 0.826. The van der Waals surface area contributed by atoms with Gasteiger partial charge in [-0.1, -0.05) is 12.1 Å². The minimum atomic E-state index is -0.118. The van der Waals surface area contributed by atoms with Gasteiger partial charge < -0.3 is 9.88 Å². The molecule has 4 heteroatoms. The number of benzene rings is 1. The van der Waals surface area contributed by atoms with Gasteiger partial charge in [0, 0.05) is 26.0 Å². The summed E-state index contributed by atoms with van der Waals surface area (Å²) in [6.45, 7) is 0. The molecule has 2 rings (SSSR count). The van der Waals surface area contributed by atoms with Crippen LogP contribution in [0.2, 0.25) is 0 Å². The van der Waals surface area contributed by atoms with Gasteiger partial charge >= 0.3 is 0 Å². The lowest BCUT2D eigenvalue weighted by Crippen LogP contribution is -2.10. The van der Waals surface area contributed by atoms with Crippen molar-refractivity contribution < 1.29 is 0 Å². The van der Waals surface area contributed by atoms with E-state index >= 15 is 0 Å². The maximum absolute atomic E-state index is 11.5. The van der Waals surface area contributed by atoms with Gasteiger partial charge in [0.2, 0.25) is 0 Å². The van der Waals surface area contributed by atoms with Gasteiger partial charge in [-0.25, -0.2) is 4.98 Å². The minimum absolute atomic E-state index is 0.118. The summed E-state index contributed by atoms with van der Waals surface area (Å²) in [5, 5.41) is 0. The van der Waals surface area contributed by atoms with E-state index in [9.17, 15) is 4.79 Å². The number of H-pyrrole nitrogens is 1. The van der Waals surface area contributed by atoms with Crippen LogP contribution in [0, 0.1) is 0 Å². The predicted octanol–water partition coefficient (Wildman–Crippen LogP) is 1.50. The second-order valence-electron chi connectivity index (χ2n) is 3.74. The molecule has 0 saturated carbocycles. The molecule has 2 aromatic rings. The summed E-state index contributed by atoms with van der Waals surface area (Å²) in [5.74, 6) is 0. The van der Waals surface area contributed by atoms with Gasteiger partial charge in [0.25, 0.3) is 5.56 Å². The van der Waals surface area contributed by atoms with Crippen molar-refractivity contribution in [3.8, 4) is 11.1 Å². The van der Waals surface area contributed by atoms with Crippen molar-refractivity contribution in [2.75, 3.05) is 19.0 Å². The van der Waals surface area contributed by atoms with Crippen LogP contribution in [0.3, 0.4) is 0 Å². The Labute approximate surface area is 93.6 Å². The third-order valence-electron chi connectivity index (χ3n) is 2.41. The molecule has 0 amide bonds. The van der Waals surface area contributed by atoms with Gasteiger partial charge in [0.05, 0.1) is 11.9 Å². The molecule has 0 unspecified atom stereocenters. The third kappa shape index (κ3) is 1.95. The predicted molar refractivity (Wildman–Crippen MR) is 64.6 cm³/mol. The van der Waals surface area contributed by atoms with Crippen LogP contribution in [0.15, 0.2) is 41.6 Å². The van der Waals surface area contributed by atoms with Gasteiger partial charge in [0.1, 0.15) is 0 Å². The Morgan fingerprint density at radius 1 is 1.19 bits per heavy atom. The lowest BCUT2D eigenvalue weighted by molar-refractivity contribution is 1.12. The van der Waals surface area contributed by atoms with Crippen molar-refractivity contribution >= 4 is 5.69 Å². The number of hydrogen-bond donors (Lipinski definition) is 1. The Kier molecular flexibility index (Phi) is 2.72. The molecule has 0 aliphatic rings. The highest BCUT2D eigenvalue weighted by molar-refractivity contribution is 5.64. The van der Waals surface area contributed by atoms with Crippen molar-refractivity contribution in [1.29, 1.82) is 0 Å². The molecule has 0 fully saturated rings. The molecule has 0 atom stereocenters. The summed E-state index contributed by atoms with van der Waals surface area (Å²) >= 11 is 0. The van der Waals surface area contributed by atoms with Gasteiger partial charge in [0.15, 0.2) is 0 Å². The van der Waals surface area contributed by atoms with Gasteiger partial charge in [-0.2, -0.15) is 0 Å². The molecule has 1 aromatic heterocycles. The summed E-state index contributed by atoms with van der Waals surface area (Å²) in [7, 11) is 3.96. The lowest BCUT2D eigenvalue weighted by Gasteiger charge is -2.12. The molecule has 0 aliphatic carbocycles. The highest BCUT2D eigenvalue weighted by Gasteiger charge is 2.02. The van der Waals surface area contributed by atoms with E-state index in [1.807, 2.05) is 43.3 Å². The zero-order chi connectivity index (χ0) is 11.5. The summed E-state index contributed by atoms with van der Waals surface area (Å²) < 4.78 is 0. The molecule has 0 saturated heterocycles. The second kappa shape index (κ2) is 4.18. The maximum Gasteiger partial charge on any atom is 0.258 e. The summed E-state index contributed by atoms with van der Waals surface area (Å²) in [4.78, 5) is 20.0. The first kappa shape index (κ1) is 10.4.